The van der Waals surface area contributed by atoms with Crippen molar-refractivity contribution in [2.24, 2.45) is 17.8 Å². The van der Waals surface area contributed by atoms with E-state index in [-0.39, 0.29) is 0 Å². The Morgan fingerprint density at radius 1 is 1.04 bits per heavy atom. The van der Waals surface area contributed by atoms with Gasteiger partial charge in [0, 0.05) is 11.1 Å². The van der Waals surface area contributed by atoms with Crippen LogP contribution >= 0.6 is 0 Å². The van der Waals surface area contributed by atoms with E-state index in [1.807, 2.05) is 12.1 Å². The highest BCUT2D eigenvalue weighted by molar-refractivity contribution is 5.53. The lowest BCUT2D eigenvalue weighted by Crippen LogP contribution is -2.58. The van der Waals surface area contributed by atoms with E-state index in [9.17, 15) is 0 Å². The molecule has 4 saturated carbocycles. The van der Waals surface area contributed by atoms with E-state index < -0.39 is 0 Å². The zero-order valence-electron chi connectivity index (χ0n) is 14.3. The van der Waals surface area contributed by atoms with E-state index in [0.717, 1.165) is 35.7 Å². The molecule has 4 nitrogen and oxygen atoms in total. The summed E-state index contributed by atoms with van der Waals surface area (Å²) in [5.74, 6) is 4.27. The summed E-state index contributed by atoms with van der Waals surface area (Å²) in [5, 5.41) is 8.02. The Hall–Kier alpha value is -1.68. The van der Waals surface area contributed by atoms with E-state index in [2.05, 4.69) is 34.5 Å². The van der Waals surface area contributed by atoms with Crippen LogP contribution in [0, 0.1) is 24.7 Å². The van der Waals surface area contributed by atoms with Crippen LogP contribution in [0.4, 0.5) is 0 Å². The van der Waals surface area contributed by atoms with Gasteiger partial charge in [-0.05, 0) is 75.3 Å². The summed E-state index contributed by atoms with van der Waals surface area (Å²) in [5.41, 5.74) is 2.58. The first-order chi connectivity index (χ1) is 11.7. The first kappa shape index (κ1) is 14.6. The Bertz CT molecular complexity index is 698. The molecule has 126 valence electrons. The van der Waals surface area contributed by atoms with Crippen molar-refractivity contribution in [1.29, 1.82) is 0 Å². The number of rotatable bonds is 4. The van der Waals surface area contributed by atoms with Gasteiger partial charge in [0.15, 0.2) is 5.82 Å². The molecular formula is C20H25N3O. The number of nitrogens with zero attached hydrogens (tertiary/aromatic N) is 2. The van der Waals surface area contributed by atoms with Gasteiger partial charge >= 0.3 is 0 Å². The molecule has 6 rings (SSSR count). The maximum absolute atomic E-state index is 5.46. The fourth-order valence-electron chi connectivity index (χ4n) is 5.73. The van der Waals surface area contributed by atoms with Gasteiger partial charge in [-0.15, -0.1) is 0 Å². The summed E-state index contributed by atoms with van der Waals surface area (Å²) in [6.07, 6.45) is 8.47. The zero-order valence-corrected chi connectivity index (χ0v) is 14.3. The normalized spacial score (nSPS) is 34.0. The van der Waals surface area contributed by atoms with Crippen LogP contribution in [-0.2, 0) is 6.54 Å². The van der Waals surface area contributed by atoms with E-state index in [1.165, 1.54) is 44.1 Å². The minimum absolute atomic E-state index is 0.347. The molecule has 0 spiro atoms. The number of aryl methyl sites for hydroxylation is 1. The SMILES string of the molecule is Cc1ccc(-c2nc(CNC34CC5CC(CC(C5)C3)C4)no2)cc1. The van der Waals surface area contributed by atoms with E-state index in [1.54, 1.807) is 0 Å². The minimum atomic E-state index is 0.347. The van der Waals surface area contributed by atoms with Crippen molar-refractivity contribution in [3.8, 4) is 11.5 Å². The van der Waals surface area contributed by atoms with Crippen molar-refractivity contribution in [1.82, 2.24) is 15.5 Å². The number of benzene rings is 1. The van der Waals surface area contributed by atoms with Gasteiger partial charge in [0.1, 0.15) is 0 Å². The summed E-state index contributed by atoms with van der Waals surface area (Å²) in [6, 6.07) is 8.23. The Balaban J connectivity index is 1.28. The van der Waals surface area contributed by atoms with Gasteiger partial charge in [-0.2, -0.15) is 4.98 Å². The van der Waals surface area contributed by atoms with Crippen molar-refractivity contribution < 1.29 is 4.52 Å². The topological polar surface area (TPSA) is 51.0 Å². The largest absolute Gasteiger partial charge is 0.334 e. The van der Waals surface area contributed by atoms with Gasteiger partial charge in [0.2, 0.25) is 0 Å². The first-order valence-corrected chi connectivity index (χ1v) is 9.32. The Morgan fingerprint density at radius 3 is 2.29 bits per heavy atom. The third-order valence-corrected chi connectivity index (χ3v) is 6.43. The quantitative estimate of drug-likeness (QED) is 0.920. The molecule has 2 aromatic rings. The van der Waals surface area contributed by atoms with Gasteiger partial charge in [-0.3, -0.25) is 0 Å². The summed E-state index contributed by atoms with van der Waals surface area (Å²) < 4.78 is 5.46. The number of hydrogen-bond acceptors (Lipinski definition) is 4. The molecule has 4 heteroatoms. The molecule has 4 bridgehead atoms. The molecule has 0 amide bonds. The Labute approximate surface area is 143 Å². The molecule has 4 aliphatic carbocycles. The van der Waals surface area contributed by atoms with Gasteiger partial charge in [-0.25, -0.2) is 0 Å². The molecule has 4 aliphatic rings. The molecule has 0 radical (unpaired) electrons. The van der Waals surface area contributed by atoms with Crippen molar-refractivity contribution in [3.63, 3.8) is 0 Å². The van der Waals surface area contributed by atoms with Crippen LogP contribution in [0.15, 0.2) is 28.8 Å². The highest BCUT2D eigenvalue weighted by atomic mass is 16.5. The second kappa shape index (κ2) is 5.41. The van der Waals surface area contributed by atoms with Gasteiger partial charge in [0.25, 0.3) is 5.89 Å². The highest BCUT2D eigenvalue weighted by Gasteiger charge is 2.50. The highest BCUT2D eigenvalue weighted by Crippen LogP contribution is 2.55. The van der Waals surface area contributed by atoms with Crippen molar-refractivity contribution in [2.45, 2.75) is 57.5 Å². The van der Waals surface area contributed by atoms with Gasteiger partial charge < -0.3 is 9.84 Å². The van der Waals surface area contributed by atoms with E-state index >= 15 is 0 Å². The summed E-state index contributed by atoms with van der Waals surface area (Å²) in [6.45, 7) is 2.81. The molecule has 1 aromatic heterocycles. The lowest BCUT2D eigenvalue weighted by Gasteiger charge is -2.57. The van der Waals surface area contributed by atoms with Crippen LogP contribution in [0.5, 0.6) is 0 Å². The predicted molar refractivity (Wildman–Crippen MR) is 92.2 cm³/mol. The number of hydrogen-bond donors (Lipinski definition) is 1. The molecule has 24 heavy (non-hydrogen) atoms. The number of nitrogens with one attached hydrogen (secondary N) is 1. The van der Waals surface area contributed by atoms with Crippen LogP contribution in [0.25, 0.3) is 11.5 Å². The van der Waals surface area contributed by atoms with Crippen LogP contribution in [0.1, 0.15) is 49.9 Å². The molecule has 0 aliphatic heterocycles. The molecule has 4 fully saturated rings. The monoisotopic (exact) mass is 323 g/mol. The molecule has 1 heterocycles. The Morgan fingerprint density at radius 2 is 1.67 bits per heavy atom. The molecule has 1 aromatic carbocycles. The van der Waals surface area contributed by atoms with E-state index in [4.69, 9.17) is 4.52 Å². The Kier molecular flexibility index (Phi) is 3.30. The third-order valence-electron chi connectivity index (χ3n) is 6.43. The first-order valence-electron chi connectivity index (χ1n) is 9.32. The predicted octanol–water partition coefficient (Wildman–Crippen LogP) is 4.10. The minimum Gasteiger partial charge on any atom is -0.334 e. The summed E-state index contributed by atoms with van der Waals surface area (Å²) in [7, 11) is 0. The molecular weight excluding hydrogens is 298 g/mol. The smallest absolute Gasteiger partial charge is 0.257 e. The van der Waals surface area contributed by atoms with Crippen LogP contribution in [0.3, 0.4) is 0 Å². The van der Waals surface area contributed by atoms with Crippen molar-refractivity contribution in [2.75, 3.05) is 0 Å². The molecule has 0 saturated heterocycles. The average molecular weight is 323 g/mol. The lowest BCUT2D eigenvalue weighted by atomic mass is 9.53. The van der Waals surface area contributed by atoms with Crippen molar-refractivity contribution >= 4 is 0 Å². The maximum atomic E-state index is 5.46. The summed E-state index contributed by atoms with van der Waals surface area (Å²) in [4.78, 5) is 4.59. The molecule has 0 atom stereocenters. The van der Waals surface area contributed by atoms with Crippen LogP contribution < -0.4 is 5.32 Å². The maximum Gasteiger partial charge on any atom is 0.257 e. The lowest BCUT2D eigenvalue weighted by molar-refractivity contribution is -0.0209. The second-order valence-electron chi connectivity index (χ2n) is 8.43. The molecule has 1 N–H and O–H groups in total. The number of aromatic nitrogens is 2. The fourth-order valence-corrected chi connectivity index (χ4v) is 5.73. The summed E-state index contributed by atoms with van der Waals surface area (Å²) >= 11 is 0. The van der Waals surface area contributed by atoms with Crippen LogP contribution in [-0.4, -0.2) is 15.7 Å². The van der Waals surface area contributed by atoms with Crippen molar-refractivity contribution in [3.05, 3.63) is 35.7 Å². The molecule has 0 unspecified atom stereocenters. The van der Waals surface area contributed by atoms with E-state index in [0.29, 0.717) is 11.4 Å². The fraction of sp³-hybridized carbons (Fsp3) is 0.600. The van der Waals surface area contributed by atoms with Crippen LogP contribution in [0.2, 0.25) is 0 Å². The van der Waals surface area contributed by atoms with Gasteiger partial charge in [-0.1, -0.05) is 22.9 Å². The zero-order chi connectivity index (χ0) is 16.1. The average Bonchev–Trinajstić information content (AvgIpc) is 3.01. The second-order valence-corrected chi connectivity index (χ2v) is 8.43. The standard InChI is InChI=1S/C20H25N3O/c1-13-2-4-17(5-3-13)19-22-18(23-24-19)12-21-20-9-14-6-15(10-20)8-16(7-14)11-20/h2-5,14-16,21H,6-12H2,1H3. The van der Waals surface area contributed by atoms with Gasteiger partial charge in [0.05, 0.1) is 6.54 Å². The third kappa shape index (κ3) is 2.57.